The molecule has 2 N–H and O–H groups in total. The van der Waals surface area contributed by atoms with Gasteiger partial charge in [-0.2, -0.15) is 0 Å². The molecule has 0 aliphatic rings. The molecule has 2 rings (SSSR count). The molecule has 27 heavy (non-hydrogen) atoms. The summed E-state index contributed by atoms with van der Waals surface area (Å²) in [6.45, 7) is 3.48. The first-order valence-electron chi connectivity index (χ1n) is 8.17. The van der Waals surface area contributed by atoms with Crippen molar-refractivity contribution < 1.29 is 19.2 Å². The molecule has 0 saturated heterocycles. The molecule has 0 bridgehead atoms. The molecule has 0 saturated carbocycles. The van der Waals surface area contributed by atoms with Crippen molar-refractivity contribution in [2.75, 3.05) is 25.1 Å². The number of thiocarbonyl (C=S) groups is 1. The Hall–Kier alpha value is -3.04. The summed E-state index contributed by atoms with van der Waals surface area (Å²) < 4.78 is 10.7. The molecule has 0 spiro atoms. The molecule has 0 aliphatic carbocycles. The highest BCUT2D eigenvalue weighted by atomic mass is 32.1. The highest BCUT2D eigenvalue weighted by Crippen LogP contribution is 2.15. The molecular weight excluding hydrogens is 370 g/mol. The normalized spacial score (nSPS) is 10.1. The molecule has 142 valence electrons. The molecule has 0 atom stereocenters. The number of nitrogens with one attached hydrogen (secondary N) is 2. The van der Waals surface area contributed by atoms with Crippen molar-refractivity contribution >= 4 is 34.6 Å². The molecule has 0 unspecified atom stereocenters. The van der Waals surface area contributed by atoms with E-state index in [4.69, 9.17) is 21.7 Å². The van der Waals surface area contributed by atoms with Gasteiger partial charge in [0.15, 0.2) is 5.11 Å². The Kier molecular flexibility index (Phi) is 7.65. The number of carbonyl (C=O) groups excluding carboxylic acids is 1. The molecule has 9 heteroatoms. The van der Waals surface area contributed by atoms with Crippen molar-refractivity contribution in [3.63, 3.8) is 0 Å². The Balaban J connectivity index is 1.84. The first kappa shape index (κ1) is 20.3. The van der Waals surface area contributed by atoms with E-state index in [-0.39, 0.29) is 16.7 Å². The number of nitro benzene ring substituents is 1. The summed E-state index contributed by atoms with van der Waals surface area (Å²) in [6, 6.07) is 12.3. The second-order valence-corrected chi connectivity index (χ2v) is 5.69. The van der Waals surface area contributed by atoms with Crippen LogP contribution in [0.5, 0.6) is 5.75 Å². The Labute approximate surface area is 161 Å². The molecule has 2 aromatic carbocycles. The van der Waals surface area contributed by atoms with Crippen LogP contribution in [0.25, 0.3) is 0 Å². The molecule has 0 radical (unpaired) electrons. The minimum atomic E-state index is -0.492. The standard InChI is InChI=1S/C18H19N3O5S/c1-2-25-11-12-26-16-9-3-13(4-10-16)17(22)20-18(27)19-14-5-7-15(8-6-14)21(23)24/h3-10H,2,11-12H2,1H3,(H2,19,20,22,27). The number of anilines is 1. The fraction of sp³-hybridized carbons (Fsp3) is 0.222. The van der Waals surface area contributed by atoms with Crippen LogP contribution in [0.4, 0.5) is 11.4 Å². The zero-order valence-electron chi connectivity index (χ0n) is 14.6. The number of nitrogens with zero attached hydrogens (tertiary/aromatic N) is 1. The van der Waals surface area contributed by atoms with Gasteiger partial charge in [0.05, 0.1) is 11.5 Å². The van der Waals surface area contributed by atoms with Crippen LogP contribution in [-0.2, 0) is 4.74 Å². The minimum Gasteiger partial charge on any atom is -0.491 e. The van der Waals surface area contributed by atoms with Crippen molar-refractivity contribution in [3.05, 3.63) is 64.2 Å². The third kappa shape index (κ3) is 6.65. The van der Waals surface area contributed by atoms with Crippen LogP contribution in [0.1, 0.15) is 17.3 Å². The first-order valence-corrected chi connectivity index (χ1v) is 8.58. The van der Waals surface area contributed by atoms with Gasteiger partial charge >= 0.3 is 0 Å². The summed E-state index contributed by atoms with van der Waals surface area (Å²) >= 11 is 5.09. The van der Waals surface area contributed by atoms with Crippen LogP contribution in [-0.4, -0.2) is 35.8 Å². The number of amides is 1. The number of hydrogen-bond donors (Lipinski definition) is 2. The van der Waals surface area contributed by atoms with E-state index >= 15 is 0 Å². The summed E-state index contributed by atoms with van der Waals surface area (Å²) in [7, 11) is 0. The zero-order valence-corrected chi connectivity index (χ0v) is 15.5. The highest BCUT2D eigenvalue weighted by molar-refractivity contribution is 7.80. The SMILES string of the molecule is CCOCCOc1ccc(C(=O)NC(=S)Nc2ccc([N+](=O)[O-])cc2)cc1. The number of carbonyl (C=O) groups is 1. The van der Waals surface area contributed by atoms with Gasteiger partial charge in [-0.05, 0) is 55.5 Å². The van der Waals surface area contributed by atoms with Crippen LogP contribution in [0.3, 0.4) is 0 Å². The number of benzene rings is 2. The van der Waals surface area contributed by atoms with Gasteiger partial charge in [-0.3, -0.25) is 20.2 Å². The van der Waals surface area contributed by atoms with Crippen molar-refractivity contribution in [2.45, 2.75) is 6.92 Å². The van der Waals surface area contributed by atoms with Crippen LogP contribution < -0.4 is 15.4 Å². The van der Waals surface area contributed by atoms with E-state index in [1.165, 1.54) is 24.3 Å². The van der Waals surface area contributed by atoms with Crippen LogP contribution in [0.2, 0.25) is 0 Å². The molecule has 1 amide bonds. The number of ether oxygens (including phenoxy) is 2. The first-order chi connectivity index (χ1) is 13.0. The highest BCUT2D eigenvalue weighted by Gasteiger charge is 2.09. The third-order valence-corrected chi connectivity index (χ3v) is 3.58. The lowest BCUT2D eigenvalue weighted by Crippen LogP contribution is -2.34. The fourth-order valence-electron chi connectivity index (χ4n) is 2.07. The van der Waals surface area contributed by atoms with E-state index in [0.717, 1.165) is 0 Å². The van der Waals surface area contributed by atoms with E-state index in [2.05, 4.69) is 10.6 Å². The van der Waals surface area contributed by atoms with Gasteiger partial charge in [0.1, 0.15) is 12.4 Å². The maximum atomic E-state index is 12.2. The lowest BCUT2D eigenvalue weighted by atomic mass is 10.2. The van der Waals surface area contributed by atoms with Crippen LogP contribution in [0.15, 0.2) is 48.5 Å². The summed E-state index contributed by atoms with van der Waals surface area (Å²) in [5, 5.41) is 16.1. The molecule has 8 nitrogen and oxygen atoms in total. The minimum absolute atomic E-state index is 0.0286. The van der Waals surface area contributed by atoms with Gasteiger partial charge in [-0.1, -0.05) is 0 Å². The largest absolute Gasteiger partial charge is 0.491 e. The van der Waals surface area contributed by atoms with Gasteiger partial charge in [0, 0.05) is 30.0 Å². The zero-order chi connectivity index (χ0) is 19.6. The molecule has 0 aliphatic heterocycles. The monoisotopic (exact) mass is 389 g/mol. The Morgan fingerprint density at radius 3 is 2.37 bits per heavy atom. The van der Waals surface area contributed by atoms with Crippen LogP contribution in [0, 0.1) is 10.1 Å². The van der Waals surface area contributed by atoms with Gasteiger partial charge in [0.2, 0.25) is 0 Å². The van der Waals surface area contributed by atoms with E-state index in [1.54, 1.807) is 24.3 Å². The Bertz CT molecular complexity index is 794. The smallest absolute Gasteiger partial charge is 0.269 e. The maximum Gasteiger partial charge on any atom is 0.269 e. The van der Waals surface area contributed by atoms with Gasteiger partial charge < -0.3 is 14.8 Å². The van der Waals surface area contributed by atoms with E-state index in [1.807, 2.05) is 6.92 Å². The van der Waals surface area contributed by atoms with E-state index < -0.39 is 4.92 Å². The maximum absolute atomic E-state index is 12.2. The quantitative estimate of drug-likeness (QED) is 0.309. The average molecular weight is 389 g/mol. The number of hydrogen-bond acceptors (Lipinski definition) is 6. The van der Waals surface area contributed by atoms with Gasteiger partial charge in [0.25, 0.3) is 11.6 Å². The Morgan fingerprint density at radius 2 is 1.78 bits per heavy atom. The fourth-order valence-corrected chi connectivity index (χ4v) is 2.28. The summed E-state index contributed by atoms with van der Waals surface area (Å²) in [6.07, 6.45) is 0. The topological polar surface area (TPSA) is 103 Å². The molecule has 0 heterocycles. The predicted molar refractivity (Wildman–Crippen MR) is 105 cm³/mol. The summed E-state index contributed by atoms with van der Waals surface area (Å²) in [4.78, 5) is 22.4. The van der Waals surface area contributed by atoms with Crippen LogP contribution >= 0.6 is 12.2 Å². The van der Waals surface area contributed by atoms with Crippen molar-refractivity contribution in [3.8, 4) is 5.75 Å². The second kappa shape index (κ2) is 10.2. The second-order valence-electron chi connectivity index (χ2n) is 5.28. The number of nitro groups is 1. The predicted octanol–water partition coefficient (Wildman–Crippen LogP) is 3.14. The van der Waals surface area contributed by atoms with Crippen molar-refractivity contribution in [1.29, 1.82) is 0 Å². The Morgan fingerprint density at radius 1 is 1.11 bits per heavy atom. The molecule has 2 aromatic rings. The number of non-ortho nitro benzene ring substituents is 1. The molecular formula is C18H19N3O5S. The molecule has 0 aromatic heterocycles. The van der Waals surface area contributed by atoms with E-state index in [9.17, 15) is 14.9 Å². The lowest BCUT2D eigenvalue weighted by molar-refractivity contribution is -0.384. The van der Waals surface area contributed by atoms with Crippen molar-refractivity contribution in [2.24, 2.45) is 0 Å². The summed E-state index contributed by atoms with van der Waals surface area (Å²) in [5.41, 5.74) is 0.919. The van der Waals surface area contributed by atoms with Crippen molar-refractivity contribution in [1.82, 2.24) is 5.32 Å². The third-order valence-electron chi connectivity index (χ3n) is 3.38. The molecule has 0 fully saturated rings. The summed E-state index contributed by atoms with van der Waals surface area (Å²) in [5.74, 6) is 0.258. The average Bonchev–Trinajstić information content (AvgIpc) is 2.66. The van der Waals surface area contributed by atoms with Gasteiger partial charge in [-0.25, -0.2) is 0 Å². The van der Waals surface area contributed by atoms with E-state index in [0.29, 0.717) is 36.8 Å². The number of rotatable bonds is 8. The van der Waals surface area contributed by atoms with Gasteiger partial charge in [-0.15, -0.1) is 0 Å². The lowest BCUT2D eigenvalue weighted by Gasteiger charge is -2.10.